The fraction of sp³-hybridized carbons (Fsp3) is 0.350. The molecule has 1 aromatic carbocycles. The highest BCUT2D eigenvalue weighted by atomic mass is 35.5. The summed E-state index contributed by atoms with van der Waals surface area (Å²) in [6.07, 6.45) is 3.24. The molecule has 2 aromatic heterocycles. The predicted octanol–water partition coefficient (Wildman–Crippen LogP) is 2.76. The summed E-state index contributed by atoms with van der Waals surface area (Å²) in [5.41, 5.74) is 7.69. The Hall–Kier alpha value is -2.26. The lowest BCUT2D eigenvalue weighted by Gasteiger charge is -2.46. The van der Waals surface area contributed by atoms with E-state index in [0.29, 0.717) is 15.8 Å². The van der Waals surface area contributed by atoms with Crippen LogP contribution in [0.3, 0.4) is 0 Å². The molecular formula is C20H21ClN6OS. The van der Waals surface area contributed by atoms with Gasteiger partial charge in [0, 0.05) is 42.3 Å². The molecule has 0 bridgehead atoms. The Kier molecular flexibility index (Phi) is 4.12. The van der Waals surface area contributed by atoms with Crippen LogP contribution in [0.4, 0.5) is 17.5 Å². The van der Waals surface area contributed by atoms with E-state index in [0.717, 1.165) is 30.9 Å². The van der Waals surface area contributed by atoms with E-state index >= 15 is 0 Å². The van der Waals surface area contributed by atoms with E-state index in [2.05, 4.69) is 37.9 Å². The van der Waals surface area contributed by atoms with Gasteiger partial charge in [-0.15, -0.1) is 11.3 Å². The number of rotatable bonds is 3. The van der Waals surface area contributed by atoms with Crippen molar-refractivity contribution in [3.8, 4) is 0 Å². The molecule has 5 rings (SSSR count). The molecule has 7 nitrogen and oxygen atoms in total. The molecule has 1 atom stereocenters. The van der Waals surface area contributed by atoms with Crippen LogP contribution in [-0.2, 0) is 11.0 Å². The first kappa shape index (κ1) is 18.7. The molecule has 3 N–H and O–H groups in total. The van der Waals surface area contributed by atoms with Crippen LogP contribution in [0, 0.1) is 0 Å². The van der Waals surface area contributed by atoms with Gasteiger partial charge in [-0.05, 0) is 31.2 Å². The highest BCUT2D eigenvalue weighted by Crippen LogP contribution is 2.50. The zero-order valence-corrected chi connectivity index (χ0v) is 17.7. The molecule has 1 fully saturated rings. The molecule has 2 aliphatic rings. The van der Waals surface area contributed by atoms with Crippen molar-refractivity contribution in [2.24, 2.45) is 0 Å². The average Bonchev–Trinajstić information content (AvgIpc) is 3.31. The van der Waals surface area contributed by atoms with Gasteiger partial charge in [0.15, 0.2) is 5.82 Å². The van der Waals surface area contributed by atoms with Gasteiger partial charge in [0.05, 0.1) is 6.20 Å². The van der Waals surface area contributed by atoms with Crippen molar-refractivity contribution in [1.82, 2.24) is 19.9 Å². The molecule has 9 heteroatoms. The zero-order valence-electron chi connectivity index (χ0n) is 16.1. The number of likely N-dealkylation sites (tertiary alicyclic amines) is 1. The third kappa shape index (κ3) is 2.82. The van der Waals surface area contributed by atoms with Crippen molar-refractivity contribution in [1.29, 1.82) is 0 Å². The Balaban J connectivity index is 1.65. The summed E-state index contributed by atoms with van der Waals surface area (Å²) < 4.78 is 0. The molecule has 150 valence electrons. The number of anilines is 3. The maximum atomic E-state index is 11.2. The molecule has 3 aromatic rings. The van der Waals surface area contributed by atoms with Crippen LogP contribution < -0.4 is 10.6 Å². The smallest absolute Gasteiger partial charge is 0.222 e. The van der Waals surface area contributed by atoms with Crippen molar-refractivity contribution in [3.63, 3.8) is 0 Å². The Morgan fingerprint density at radius 3 is 2.76 bits per heavy atom. The van der Waals surface area contributed by atoms with Gasteiger partial charge in [-0.3, -0.25) is 0 Å². The number of halogens is 1. The molecule has 29 heavy (non-hydrogen) atoms. The van der Waals surface area contributed by atoms with E-state index in [9.17, 15) is 5.11 Å². The van der Waals surface area contributed by atoms with Crippen LogP contribution in [-0.4, -0.2) is 51.6 Å². The van der Waals surface area contributed by atoms with E-state index in [1.54, 1.807) is 13.1 Å². The number of hydrogen-bond donors (Lipinski definition) is 2. The summed E-state index contributed by atoms with van der Waals surface area (Å²) in [6, 6.07) is 6.15. The number of nitrogens with zero attached hydrogens (tertiary/aromatic N) is 5. The normalized spacial score (nSPS) is 19.8. The summed E-state index contributed by atoms with van der Waals surface area (Å²) in [5.74, 6) is 0.779. The molecule has 1 spiro atoms. The van der Waals surface area contributed by atoms with E-state index in [1.807, 2.05) is 17.5 Å². The Bertz CT molecular complexity index is 1080. The molecule has 0 unspecified atom stereocenters. The SMILES string of the molecule is CN1CC2(C1)CN(c1nc(N)ncc1Cl)c1cc([C@@](C)(O)c3nccs3)ccc12. The number of benzene rings is 1. The van der Waals surface area contributed by atoms with Crippen molar-refractivity contribution in [3.05, 3.63) is 57.1 Å². The van der Waals surface area contributed by atoms with E-state index in [4.69, 9.17) is 17.3 Å². The van der Waals surface area contributed by atoms with E-state index < -0.39 is 5.60 Å². The van der Waals surface area contributed by atoms with E-state index in [-0.39, 0.29) is 11.4 Å². The van der Waals surface area contributed by atoms with Crippen molar-refractivity contribution in [2.75, 3.05) is 37.3 Å². The van der Waals surface area contributed by atoms with Gasteiger partial charge < -0.3 is 20.6 Å². The van der Waals surface area contributed by atoms with Crippen LogP contribution in [0.15, 0.2) is 36.0 Å². The highest BCUT2D eigenvalue weighted by molar-refractivity contribution is 7.09. The summed E-state index contributed by atoms with van der Waals surface area (Å²) >= 11 is 7.88. The number of aliphatic hydroxyl groups is 1. The third-order valence-corrected chi connectivity index (χ3v) is 7.13. The van der Waals surface area contributed by atoms with Crippen molar-refractivity contribution in [2.45, 2.75) is 17.9 Å². The number of aromatic nitrogens is 3. The van der Waals surface area contributed by atoms with Crippen LogP contribution in [0.5, 0.6) is 0 Å². The van der Waals surface area contributed by atoms with Gasteiger partial charge in [0.2, 0.25) is 5.95 Å². The van der Waals surface area contributed by atoms with Crippen molar-refractivity contribution < 1.29 is 5.11 Å². The van der Waals surface area contributed by atoms with Gasteiger partial charge in [0.25, 0.3) is 0 Å². The zero-order chi connectivity index (χ0) is 20.4. The quantitative estimate of drug-likeness (QED) is 0.662. The second kappa shape index (κ2) is 6.37. The average molecular weight is 429 g/mol. The largest absolute Gasteiger partial charge is 0.378 e. The van der Waals surface area contributed by atoms with Crippen LogP contribution in [0.1, 0.15) is 23.1 Å². The predicted molar refractivity (Wildman–Crippen MR) is 115 cm³/mol. The second-order valence-electron chi connectivity index (χ2n) is 8.08. The van der Waals surface area contributed by atoms with E-state index in [1.165, 1.54) is 23.1 Å². The lowest BCUT2D eigenvalue weighted by Crippen LogP contribution is -2.59. The number of nitrogens with two attached hydrogens (primary N) is 1. The van der Waals surface area contributed by atoms with Gasteiger partial charge >= 0.3 is 0 Å². The minimum Gasteiger partial charge on any atom is -0.378 e. The maximum Gasteiger partial charge on any atom is 0.222 e. The summed E-state index contributed by atoms with van der Waals surface area (Å²) in [5, 5.41) is 14.2. The molecule has 2 aliphatic heterocycles. The topological polar surface area (TPSA) is 91.4 Å². The fourth-order valence-electron chi connectivity index (χ4n) is 4.57. The van der Waals surface area contributed by atoms with Crippen LogP contribution in [0.2, 0.25) is 5.02 Å². The standard InChI is InChI=1S/C20H21ClN6OS/c1-19(28,17-23-5-6-29-17)12-3-4-13-15(7-12)27(11-20(13)9-26(2)10-20)16-14(21)8-24-18(22)25-16/h3-8,28H,9-11H2,1-2H3,(H2,22,24,25)/t19-/m1/s1. The monoisotopic (exact) mass is 428 g/mol. The summed E-state index contributed by atoms with van der Waals surface area (Å²) in [7, 11) is 2.12. The minimum absolute atomic E-state index is 0.0126. The molecule has 0 saturated carbocycles. The number of thiazole rings is 1. The first-order valence-electron chi connectivity index (χ1n) is 9.32. The third-order valence-electron chi connectivity index (χ3n) is 5.88. The number of nitrogen functional groups attached to an aromatic ring is 1. The molecule has 0 aliphatic carbocycles. The Morgan fingerprint density at radius 1 is 1.28 bits per heavy atom. The molecule has 0 amide bonds. The highest BCUT2D eigenvalue weighted by Gasteiger charge is 2.51. The van der Waals surface area contributed by atoms with Gasteiger partial charge in [-0.1, -0.05) is 23.7 Å². The number of hydrogen-bond acceptors (Lipinski definition) is 8. The fourth-order valence-corrected chi connectivity index (χ4v) is 5.49. The lowest BCUT2D eigenvalue weighted by molar-refractivity contribution is 0.101. The minimum atomic E-state index is -1.19. The van der Waals surface area contributed by atoms with Crippen LogP contribution >= 0.6 is 22.9 Å². The molecule has 4 heterocycles. The first-order chi connectivity index (χ1) is 13.8. The lowest BCUT2D eigenvalue weighted by atomic mass is 9.75. The van der Waals surface area contributed by atoms with Gasteiger partial charge in [-0.25, -0.2) is 9.97 Å². The molecule has 0 radical (unpaired) electrons. The van der Waals surface area contributed by atoms with Gasteiger partial charge in [-0.2, -0.15) is 4.98 Å². The second-order valence-corrected chi connectivity index (χ2v) is 9.38. The first-order valence-corrected chi connectivity index (χ1v) is 10.6. The number of fused-ring (bicyclic) bond motifs is 2. The van der Waals surface area contributed by atoms with Crippen molar-refractivity contribution >= 4 is 40.4 Å². The summed E-state index contributed by atoms with van der Waals surface area (Å²) in [4.78, 5) is 17.1. The number of likely N-dealkylation sites (N-methyl/N-ethyl adjacent to an activating group) is 1. The van der Waals surface area contributed by atoms with Gasteiger partial charge in [0.1, 0.15) is 15.6 Å². The summed E-state index contributed by atoms with van der Waals surface area (Å²) in [6.45, 7) is 4.44. The molecular weight excluding hydrogens is 408 g/mol. The maximum absolute atomic E-state index is 11.2. The molecule has 1 saturated heterocycles. The Labute approximate surface area is 177 Å². The van der Waals surface area contributed by atoms with Crippen LogP contribution in [0.25, 0.3) is 0 Å². The Morgan fingerprint density at radius 2 is 2.07 bits per heavy atom.